The number of nitriles is 1. The number of amides is 1. The number of methoxy groups -OCH3 is 1. The third-order valence-corrected chi connectivity index (χ3v) is 3.94. The van der Waals surface area contributed by atoms with Gasteiger partial charge in [-0.3, -0.25) is 9.69 Å². The zero-order valence-corrected chi connectivity index (χ0v) is 12.9. The highest BCUT2D eigenvalue weighted by Gasteiger charge is 2.32. The van der Waals surface area contributed by atoms with Gasteiger partial charge in [-0.15, -0.1) is 0 Å². The highest BCUT2D eigenvalue weighted by atomic mass is 16.5. The number of aliphatic hydroxyl groups excluding tert-OH is 1. The minimum atomic E-state index is -0.709. The van der Waals surface area contributed by atoms with E-state index in [1.807, 2.05) is 4.90 Å². The van der Waals surface area contributed by atoms with Gasteiger partial charge in [0.15, 0.2) is 0 Å². The van der Waals surface area contributed by atoms with Crippen LogP contribution in [0.1, 0.15) is 38.5 Å². The van der Waals surface area contributed by atoms with Crippen LogP contribution in [0.4, 0.5) is 0 Å². The minimum absolute atomic E-state index is 0.000384. The van der Waals surface area contributed by atoms with Crippen molar-refractivity contribution >= 4 is 5.91 Å². The van der Waals surface area contributed by atoms with Crippen molar-refractivity contribution < 1.29 is 14.6 Å². The molecule has 0 atom stereocenters. The van der Waals surface area contributed by atoms with Gasteiger partial charge in [-0.1, -0.05) is 25.7 Å². The highest BCUT2D eigenvalue weighted by Crippen LogP contribution is 2.26. The maximum atomic E-state index is 12.2. The van der Waals surface area contributed by atoms with Crippen molar-refractivity contribution in [1.82, 2.24) is 10.2 Å². The summed E-state index contributed by atoms with van der Waals surface area (Å²) in [5.74, 6) is -0.150. The standard InChI is InChI=1S/C15H27N3O3/c1-21-11-9-18(8-10-19)12-14(20)17-15(13-16)6-4-2-3-5-7-15/h19H,2-12H2,1H3,(H,17,20). The fraction of sp³-hybridized carbons (Fsp3) is 0.867. The third kappa shape index (κ3) is 6.42. The number of ether oxygens (including phenoxy) is 1. The highest BCUT2D eigenvalue weighted by molar-refractivity contribution is 5.79. The lowest BCUT2D eigenvalue weighted by Gasteiger charge is -2.28. The van der Waals surface area contributed by atoms with Crippen LogP contribution < -0.4 is 5.32 Å². The maximum Gasteiger partial charge on any atom is 0.235 e. The van der Waals surface area contributed by atoms with E-state index in [1.165, 1.54) is 0 Å². The molecule has 0 heterocycles. The van der Waals surface area contributed by atoms with Gasteiger partial charge in [0.25, 0.3) is 0 Å². The van der Waals surface area contributed by atoms with Crippen LogP contribution >= 0.6 is 0 Å². The summed E-state index contributed by atoms with van der Waals surface area (Å²) in [6.45, 7) is 1.71. The lowest BCUT2D eigenvalue weighted by Crippen LogP contribution is -2.51. The molecule has 1 aliphatic rings. The second kappa shape index (κ2) is 9.72. The number of carbonyl (C=O) groups is 1. The van der Waals surface area contributed by atoms with E-state index < -0.39 is 5.54 Å². The van der Waals surface area contributed by atoms with E-state index in [-0.39, 0.29) is 19.1 Å². The average Bonchev–Trinajstić information content (AvgIpc) is 2.71. The van der Waals surface area contributed by atoms with E-state index >= 15 is 0 Å². The van der Waals surface area contributed by atoms with Gasteiger partial charge in [0.1, 0.15) is 5.54 Å². The fourth-order valence-corrected chi connectivity index (χ4v) is 2.74. The van der Waals surface area contributed by atoms with Crippen LogP contribution in [0.5, 0.6) is 0 Å². The van der Waals surface area contributed by atoms with Crippen LogP contribution in [0.25, 0.3) is 0 Å². The zero-order chi connectivity index (χ0) is 15.6. The van der Waals surface area contributed by atoms with Crippen LogP contribution in [0, 0.1) is 11.3 Å². The second-order valence-corrected chi connectivity index (χ2v) is 5.65. The minimum Gasteiger partial charge on any atom is -0.395 e. The van der Waals surface area contributed by atoms with Crippen LogP contribution in [0.15, 0.2) is 0 Å². The summed E-state index contributed by atoms with van der Waals surface area (Å²) in [4.78, 5) is 14.0. The predicted octanol–water partition coefficient (Wildman–Crippen LogP) is 0.660. The molecule has 6 heteroatoms. The number of nitrogens with one attached hydrogen (secondary N) is 1. The fourth-order valence-electron chi connectivity index (χ4n) is 2.74. The molecular weight excluding hydrogens is 270 g/mol. The van der Waals surface area contributed by atoms with E-state index in [2.05, 4.69) is 11.4 Å². The Morgan fingerprint density at radius 2 is 2.00 bits per heavy atom. The monoisotopic (exact) mass is 297 g/mol. The summed E-state index contributed by atoms with van der Waals surface area (Å²) in [7, 11) is 1.60. The van der Waals surface area contributed by atoms with Crippen molar-refractivity contribution in [2.75, 3.05) is 40.0 Å². The second-order valence-electron chi connectivity index (χ2n) is 5.65. The molecule has 0 aromatic carbocycles. The molecule has 120 valence electrons. The van der Waals surface area contributed by atoms with Crippen molar-refractivity contribution in [3.63, 3.8) is 0 Å². The van der Waals surface area contributed by atoms with Gasteiger partial charge < -0.3 is 15.2 Å². The molecule has 6 nitrogen and oxygen atoms in total. The Morgan fingerprint density at radius 3 is 2.52 bits per heavy atom. The smallest absolute Gasteiger partial charge is 0.235 e. The molecule has 0 spiro atoms. The molecular formula is C15H27N3O3. The Morgan fingerprint density at radius 1 is 1.33 bits per heavy atom. The first kappa shape index (κ1) is 17.9. The average molecular weight is 297 g/mol. The van der Waals surface area contributed by atoms with Crippen molar-refractivity contribution in [2.45, 2.75) is 44.1 Å². The number of aliphatic hydroxyl groups is 1. The maximum absolute atomic E-state index is 12.2. The van der Waals surface area contributed by atoms with Gasteiger partial charge in [0, 0.05) is 20.2 Å². The molecule has 0 aromatic rings. The van der Waals surface area contributed by atoms with Gasteiger partial charge >= 0.3 is 0 Å². The van der Waals surface area contributed by atoms with Crippen molar-refractivity contribution in [1.29, 1.82) is 5.26 Å². The zero-order valence-electron chi connectivity index (χ0n) is 12.9. The van der Waals surface area contributed by atoms with Crippen molar-refractivity contribution in [3.05, 3.63) is 0 Å². The summed E-state index contributed by atoms with van der Waals surface area (Å²) in [5.41, 5.74) is -0.709. The first-order valence-electron chi connectivity index (χ1n) is 7.70. The Kier molecular flexibility index (Phi) is 8.28. The summed E-state index contributed by atoms with van der Waals surface area (Å²) < 4.78 is 5.00. The van der Waals surface area contributed by atoms with E-state index in [9.17, 15) is 10.1 Å². The molecule has 1 aliphatic carbocycles. The first-order valence-corrected chi connectivity index (χ1v) is 7.70. The predicted molar refractivity (Wildman–Crippen MR) is 79.6 cm³/mol. The van der Waals surface area contributed by atoms with Gasteiger partial charge in [-0.25, -0.2) is 0 Å². The van der Waals surface area contributed by atoms with Gasteiger partial charge in [-0.05, 0) is 12.8 Å². The van der Waals surface area contributed by atoms with Crippen LogP contribution in [-0.2, 0) is 9.53 Å². The lowest BCUT2D eigenvalue weighted by molar-refractivity contribution is -0.124. The normalized spacial score (nSPS) is 18.0. The Balaban J connectivity index is 2.54. The molecule has 1 saturated carbocycles. The van der Waals surface area contributed by atoms with E-state index in [0.29, 0.717) is 19.7 Å². The Hall–Kier alpha value is -1.16. The van der Waals surface area contributed by atoms with Gasteiger partial charge in [-0.2, -0.15) is 5.26 Å². The molecule has 0 unspecified atom stereocenters. The van der Waals surface area contributed by atoms with Crippen LogP contribution in [-0.4, -0.2) is 61.4 Å². The molecule has 0 radical (unpaired) electrons. The Labute approximate surface area is 127 Å². The quantitative estimate of drug-likeness (QED) is 0.643. The number of hydrogen-bond donors (Lipinski definition) is 2. The van der Waals surface area contributed by atoms with Crippen molar-refractivity contribution in [2.24, 2.45) is 0 Å². The topological polar surface area (TPSA) is 85.6 Å². The molecule has 2 N–H and O–H groups in total. The van der Waals surface area contributed by atoms with E-state index in [4.69, 9.17) is 9.84 Å². The van der Waals surface area contributed by atoms with Crippen LogP contribution in [0.3, 0.4) is 0 Å². The van der Waals surface area contributed by atoms with E-state index in [0.717, 1.165) is 38.5 Å². The lowest BCUT2D eigenvalue weighted by atomic mass is 9.92. The van der Waals surface area contributed by atoms with Crippen LogP contribution in [0.2, 0.25) is 0 Å². The molecule has 1 rings (SSSR count). The molecule has 0 aromatic heterocycles. The largest absolute Gasteiger partial charge is 0.395 e. The molecule has 0 saturated heterocycles. The molecule has 1 fully saturated rings. The molecule has 1 amide bonds. The molecule has 0 aliphatic heterocycles. The SMILES string of the molecule is COCCN(CCO)CC(=O)NC1(C#N)CCCCCC1. The third-order valence-electron chi connectivity index (χ3n) is 3.94. The van der Waals surface area contributed by atoms with Gasteiger partial charge in [0.05, 0.1) is 25.8 Å². The number of carbonyl (C=O) groups excluding carboxylic acids is 1. The number of rotatable bonds is 8. The van der Waals surface area contributed by atoms with Gasteiger partial charge in [0.2, 0.25) is 5.91 Å². The number of hydrogen-bond acceptors (Lipinski definition) is 5. The van der Waals surface area contributed by atoms with Crippen molar-refractivity contribution in [3.8, 4) is 6.07 Å². The molecule has 21 heavy (non-hydrogen) atoms. The first-order chi connectivity index (χ1) is 10.2. The molecule has 0 bridgehead atoms. The summed E-state index contributed by atoms with van der Waals surface area (Å²) >= 11 is 0. The summed E-state index contributed by atoms with van der Waals surface area (Å²) in [6, 6.07) is 2.31. The Bertz CT molecular complexity index is 347. The van der Waals surface area contributed by atoms with E-state index in [1.54, 1.807) is 7.11 Å². The summed E-state index contributed by atoms with van der Waals surface area (Å²) in [5, 5.41) is 21.4. The number of nitrogens with zero attached hydrogens (tertiary/aromatic N) is 2. The summed E-state index contributed by atoms with van der Waals surface area (Å²) in [6.07, 6.45) is 5.68.